The van der Waals surface area contributed by atoms with Crippen LogP contribution in [0.15, 0.2) is 36.5 Å². The Morgan fingerprint density at radius 1 is 1.18 bits per heavy atom. The molecule has 1 saturated carbocycles. The van der Waals surface area contributed by atoms with Gasteiger partial charge in [-0.3, -0.25) is 14.7 Å². The number of carbonyl (C=O) groups is 1. The predicted octanol–water partition coefficient (Wildman–Crippen LogP) is 2.86. The van der Waals surface area contributed by atoms with Crippen LogP contribution < -0.4 is 0 Å². The van der Waals surface area contributed by atoms with E-state index >= 15 is 0 Å². The van der Waals surface area contributed by atoms with E-state index < -0.39 is 0 Å². The number of hydrogen-bond acceptors (Lipinski definition) is 4. The van der Waals surface area contributed by atoms with E-state index in [9.17, 15) is 9.90 Å². The number of carbonyl (C=O) groups excluding carboxylic acids is 1. The van der Waals surface area contributed by atoms with Crippen molar-refractivity contribution in [3.63, 3.8) is 0 Å². The highest BCUT2D eigenvalue weighted by Crippen LogP contribution is 2.26. The van der Waals surface area contributed by atoms with Gasteiger partial charge in [0.1, 0.15) is 0 Å². The van der Waals surface area contributed by atoms with Gasteiger partial charge in [0.05, 0.1) is 18.2 Å². The largest absolute Gasteiger partial charge is 0.391 e. The van der Waals surface area contributed by atoms with Crippen molar-refractivity contribution in [1.29, 1.82) is 0 Å². The van der Waals surface area contributed by atoms with Gasteiger partial charge in [-0.1, -0.05) is 37.5 Å². The van der Waals surface area contributed by atoms with Crippen molar-refractivity contribution in [3.05, 3.63) is 42.1 Å². The minimum Gasteiger partial charge on any atom is -0.391 e. The summed E-state index contributed by atoms with van der Waals surface area (Å²) in [6, 6.07) is 10.6. The van der Waals surface area contributed by atoms with E-state index in [4.69, 9.17) is 0 Å². The molecular formula is C23H31N3O2. The second-order valence-corrected chi connectivity index (χ2v) is 8.51. The zero-order valence-electron chi connectivity index (χ0n) is 16.8. The highest BCUT2D eigenvalue weighted by molar-refractivity contribution is 5.82. The quantitative estimate of drug-likeness (QED) is 0.865. The second-order valence-electron chi connectivity index (χ2n) is 8.51. The molecule has 5 nitrogen and oxygen atoms in total. The van der Waals surface area contributed by atoms with Gasteiger partial charge in [0.15, 0.2) is 0 Å². The number of benzene rings is 1. The molecular weight excluding hydrogens is 350 g/mol. The fraction of sp³-hybridized carbons (Fsp3) is 0.565. The number of para-hydroxylation sites is 1. The van der Waals surface area contributed by atoms with Crippen LogP contribution in [0.1, 0.15) is 37.7 Å². The summed E-state index contributed by atoms with van der Waals surface area (Å²) in [7, 11) is 1.95. The smallest absolute Gasteiger partial charge is 0.236 e. The number of amides is 1. The van der Waals surface area contributed by atoms with E-state index in [0.717, 1.165) is 36.7 Å². The number of β-amino-alcohol motifs (C(OH)–C–C–N with tert-alkyl or cyclic N) is 1. The van der Waals surface area contributed by atoms with Crippen LogP contribution in [0.2, 0.25) is 0 Å². The number of aliphatic hydroxyl groups is 1. The van der Waals surface area contributed by atoms with Crippen molar-refractivity contribution in [2.24, 2.45) is 5.92 Å². The fourth-order valence-electron chi connectivity index (χ4n) is 4.86. The van der Waals surface area contributed by atoms with Crippen LogP contribution in [-0.2, 0) is 11.2 Å². The molecule has 0 unspecified atom stereocenters. The van der Waals surface area contributed by atoms with Crippen molar-refractivity contribution in [2.45, 2.75) is 50.7 Å². The highest BCUT2D eigenvalue weighted by atomic mass is 16.3. The van der Waals surface area contributed by atoms with Gasteiger partial charge >= 0.3 is 0 Å². The predicted molar refractivity (Wildman–Crippen MR) is 111 cm³/mol. The standard InChI is InChI=1S/C23H31N3O2/c1-25(19-7-3-2-4-8-19)23(28)16-26-14-18(22(27)15-26)13-17-11-12-24-21-10-6-5-9-20(17)21/h5-6,9-12,18-19,22,27H,2-4,7-8,13-16H2,1H3/t18-,22+/m1/s1. The Bertz CT molecular complexity index is 813. The molecule has 1 N–H and O–H groups in total. The Balaban J connectivity index is 1.37. The third-order valence-electron chi connectivity index (χ3n) is 6.58. The van der Waals surface area contributed by atoms with Crippen LogP contribution in [-0.4, -0.2) is 64.6 Å². The first-order chi connectivity index (χ1) is 13.6. The molecule has 150 valence electrons. The summed E-state index contributed by atoms with van der Waals surface area (Å²) in [6.07, 6.45) is 8.28. The first-order valence-electron chi connectivity index (χ1n) is 10.6. The van der Waals surface area contributed by atoms with Crippen molar-refractivity contribution < 1.29 is 9.90 Å². The molecule has 5 heteroatoms. The molecule has 2 heterocycles. The summed E-state index contributed by atoms with van der Waals surface area (Å²) < 4.78 is 0. The van der Waals surface area contributed by atoms with Crippen LogP contribution in [0, 0.1) is 5.92 Å². The summed E-state index contributed by atoms with van der Waals surface area (Å²) >= 11 is 0. The number of likely N-dealkylation sites (tertiary alicyclic amines) is 1. The summed E-state index contributed by atoms with van der Waals surface area (Å²) in [4.78, 5) is 21.2. The van der Waals surface area contributed by atoms with Gasteiger partial charge in [-0.15, -0.1) is 0 Å². The lowest BCUT2D eigenvalue weighted by molar-refractivity contribution is -0.133. The maximum atomic E-state index is 12.7. The van der Waals surface area contributed by atoms with Crippen LogP contribution in [0.4, 0.5) is 0 Å². The van der Waals surface area contributed by atoms with Crippen molar-refractivity contribution in [3.8, 4) is 0 Å². The van der Waals surface area contributed by atoms with E-state index in [1.54, 1.807) is 0 Å². The molecule has 2 atom stereocenters. The third-order valence-corrected chi connectivity index (χ3v) is 6.58. The number of fused-ring (bicyclic) bond motifs is 1. The molecule has 1 aromatic heterocycles. The zero-order chi connectivity index (χ0) is 19.5. The molecule has 0 radical (unpaired) electrons. The van der Waals surface area contributed by atoms with Crippen LogP contribution in [0.3, 0.4) is 0 Å². The van der Waals surface area contributed by atoms with Gasteiger partial charge < -0.3 is 10.0 Å². The number of aliphatic hydroxyl groups excluding tert-OH is 1. The van der Waals surface area contributed by atoms with E-state index in [-0.39, 0.29) is 17.9 Å². The Hall–Kier alpha value is -1.98. The molecule has 28 heavy (non-hydrogen) atoms. The molecule has 2 aromatic rings. The maximum absolute atomic E-state index is 12.7. The lowest BCUT2D eigenvalue weighted by Crippen LogP contribution is -2.43. The number of likely N-dealkylation sites (N-methyl/N-ethyl adjacent to an activating group) is 1. The average Bonchev–Trinajstić information content (AvgIpc) is 3.07. The molecule has 1 saturated heterocycles. The van der Waals surface area contributed by atoms with Gasteiger partial charge in [0.2, 0.25) is 5.91 Å². The van der Waals surface area contributed by atoms with Crippen LogP contribution >= 0.6 is 0 Å². The zero-order valence-corrected chi connectivity index (χ0v) is 16.8. The number of pyridine rings is 1. The summed E-state index contributed by atoms with van der Waals surface area (Å²) in [5.41, 5.74) is 2.22. The van der Waals surface area contributed by atoms with Gasteiger partial charge in [-0.25, -0.2) is 0 Å². The number of nitrogens with zero attached hydrogens (tertiary/aromatic N) is 3. The first-order valence-corrected chi connectivity index (χ1v) is 10.6. The number of rotatable bonds is 5. The lowest BCUT2D eigenvalue weighted by atomic mass is 9.94. The SMILES string of the molecule is CN(C(=O)CN1C[C@@H](Cc2ccnc3ccccc23)[C@@H](O)C1)C1CCCCC1. The molecule has 1 aromatic carbocycles. The van der Waals surface area contributed by atoms with E-state index in [1.807, 2.05) is 36.3 Å². The van der Waals surface area contributed by atoms with Crippen LogP contribution in [0.25, 0.3) is 10.9 Å². The van der Waals surface area contributed by atoms with Crippen LogP contribution in [0.5, 0.6) is 0 Å². The monoisotopic (exact) mass is 381 g/mol. The second kappa shape index (κ2) is 8.58. The van der Waals surface area contributed by atoms with Gasteiger partial charge in [-0.05, 0) is 37.0 Å². The summed E-state index contributed by atoms with van der Waals surface area (Å²) in [5, 5.41) is 11.8. The Morgan fingerprint density at radius 2 is 1.96 bits per heavy atom. The van der Waals surface area contributed by atoms with Crippen molar-refractivity contribution in [2.75, 3.05) is 26.7 Å². The van der Waals surface area contributed by atoms with E-state index in [0.29, 0.717) is 19.1 Å². The van der Waals surface area contributed by atoms with Gasteiger partial charge in [-0.2, -0.15) is 0 Å². The number of aromatic nitrogens is 1. The highest BCUT2D eigenvalue weighted by Gasteiger charge is 2.33. The fourth-order valence-corrected chi connectivity index (χ4v) is 4.86. The minimum absolute atomic E-state index is 0.151. The Morgan fingerprint density at radius 3 is 2.79 bits per heavy atom. The Labute approximate surface area is 167 Å². The third kappa shape index (κ3) is 4.20. The van der Waals surface area contributed by atoms with E-state index in [2.05, 4.69) is 22.0 Å². The summed E-state index contributed by atoms with van der Waals surface area (Å²) in [6.45, 7) is 1.76. The molecule has 0 bridgehead atoms. The molecule has 1 amide bonds. The van der Waals surface area contributed by atoms with Crippen molar-refractivity contribution >= 4 is 16.8 Å². The molecule has 2 fully saturated rings. The average molecular weight is 382 g/mol. The molecule has 1 aliphatic carbocycles. The first kappa shape index (κ1) is 19.3. The normalized spacial score (nSPS) is 23.9. The van der Waals surface area contributed by atoms with Crippen molar-refractivity contribution in [1.82, 2.24) is 14.8 Å². The van der Waals surface area contributed by atoms with Gasteiger partial charge in [0.25, 0.3) is 0 Å². The Kier molecular flexibility index (Phi) is 5.93. The molecule has 4 rings (SSSR count). The number of hydrogen-bond donors (Lipinski definition) is 1. The molecule has 0 spiro atoms. The minimum atomic E-state index is -0.389. The molecule has 1 aliphatic heterocycles. The molecule has 2 aliphatic rings. The lowest BCUT2D eigenvalue weighted by Gasteiger charge is -2.32. The topological polar surface area (TPSA) is 56.7 Å². The maximum Gasteiger partial charge on any atom is 0.236 e. The summed E-state index contributed by atoms with van der Waals surface area (Å²) in [5.74, 6) is 0.340. The van der Waals surface area contributed by atoms with Gasteiger partial charge in [0, 0.05) is 43.7 Å². The van der Waals surface area contributed by atoms with E-state index in [1.165, 1.54) is 24.8 Å².